The number of aliphatic hydroxyl groups is 1. The molecule has 0 fully saturated rings. The van der Waals surface area contributed by atoms with Crippen LogP contribution in [0.5, 0.6) is 0 Å². The van der Waals surface area contributed by atoms with E-state index in [0.29, 0.717) is 5.75 Å². The van der Waals surface area contributed by atoms with Crippen molar-refractivity contribution in [3.63, 3.8) is 0 Å². The first-order chi connectivity index (χ1) is 9.19. The van der Waals surface area contributed by atoms with Gasteiger partial charge in [0.15, 0.2) is 0 Å². The molecule has 0 heterocycles. The number of thioether (sulfide) groups is 2. The third-order valence-electron chi connectivity index (χ3n) is 2.70. The summed E-state index contributed by atoms with van der Waals surface area (Å²) < 4.78 is 0. The van der Waals surface area contributed by atoms with Crippen molar-refractivity contribution in [3.8, 4) is 0 Å². The fraction of sp³-hybridized carbons (Fsp3) is 0.200. The minimum Gasteiger partial charge on any atom is -0.388 e. The lowest BCUT2D eigenvalue weighted by Crippen LogP contribution is -2.00. The molecule has 0 bridgehead atoms. The predicted molar refractivity (Wildman–Crippen MR) is 85.4 cm³/mol. The molecule has 19 heavy (non-hydrogen) atoms. The van der Waals surface area contributed by atoms with Gasteiger partial charge in [-0.25, -0.2) is 0 Å². The van der Waals surface area contributed by atoms with Gasteiger partial charge in [0.2, 0.25) is 0 Å². The molecule has 1 atom stereocenters. The van der Waals surface area contributed by atoms with Gasteiger partial charge in [0.1, 0.15) is 0 Å². The van der Waals surface area contributed by atoms with Crippen LogP contribution in [-0.2, 0) is 0 Å². The zero-order valence-corrected chi connectivity index (χ0v) is 12.9. The van der Waals surface area contributed by atoms with Crippen LogP contribution >= 0.6 is 35.1 Å². The van der Waals surface area contributed by atoms with E-state index in [1.807, 2.05) is 54.8 Å². The van der Waals surface area contributed by atoms with Gasteiger partial charge < -0.3 is 5.11 Å². The van der Waals surface area contributed by atoms with Crippen molar-refractivity contribution in [2.24, 2.45) is 0 Å². The van der Waals surface area contributed by atoms with Crippen LogP contribution in [-0.4, -0.2) is 17.1 Å². The third kappa shape index (κ3) is 4.46. The fourth-order valence-electron chi connectivity index (χ4n) is 1.65. The molecule has 0 spiro atoms. The highest BCUT2D eigenvalue weighted by atomic mass is 35.5. The third-order valence-corrected chi connectivity index (χ3v) is 4.75. The second-order valence-corrected chi connectivity index (χ2v) is 6.47. The van der Waals surface area contributed by atoms with Crippen molar-refractivity contribution in [2.45, 2.75) is 15.9 Å². The van der Waals surface area contributed by atoms with Gasteiger partial charge >= 0.3 is 0 Å². The van der Waals surface area contributed by atoms with Crippen molar-refractivity contribution >= 4 is 35.1 Å². The van der Waals surface area contributed by atoms with Crippen LogP contribution in [0.3, 0.4) is 0 Å². The highest BCUT2D eigenvalue weighted by Gasteiger charge is 2.08. The van der Waals surface area contributed by atoms with Crippen molar-refractivity contribution in [3.05, 3.63) is 59.1 Å². The Kier molecular flexibility index (Phi) is 5.64. The molecule has 4 heteroatoms. The Morgan fingerprint density at radius 3 is 2.47 bits per heavy atom. The molecular weight excluding hydrogens is 296 g/mol. The highest BCUT2D eigenvalue weighted by molar-refractivity contribution is 7.99. The molecule has 0 aliphatic heterocycles. The number of rotatable bonds is 5. The Labute approximate surface area is 127 Å². The van der Waals surface area contributed by atoms with Crippen LogP contribution in [0.2, 0.25) is 5.02 Å². The van der Waals surface area contributed by atoms with E-state index in [-0.39, 0.29) is 0 Å². The molecule has 0 saturated heterocycles. The monoisotopic (exact) mass is 310 g/mol. The summed E-state index contributed by atoms with van der Waals surface area (Å²) in [5.41, 5.74) is 0.951. The summed E-state index contributed by atoms with van der Waals surface area (Å²) in [5, 5.41) is 10.9. The van der Waals surface area contributed by atoms with Gasteiger partial charge in [0.05, 0.1) is 6.10 Å². The van der Waals surface area contributed by atoms with E-state index in [9.17, 15) is 5.11 Å². The molecule has 0 radical (unpaired) electrons. The molecule has 2 aromatic carbocycles. The second-order valence-electron chi connectivity index (χ2n) is 4.06. The molecular formula is C15H15ClOS2. The Balaban J connectivity index is 1.95. The number of benzene rings is 2. The Morgan fingerprint density at radius 1 is 1.11 bits per heavy atom. The van der Waals surface area contributed by atoms with Crippen molar-refractivity contribution in [2.75, 3.05) is 12.0 Å². The van der Waals surface area contributed by atoms with Crippen LogP contribution in [0.4, 0.5) is 0 Å². The summed E-state index contributed by atoms with van der Waals surface area (Å²) in [6, 6.07) is 15.7. The van der Waals surface area contributed by atoms with Gasteiger partial charge in [0.25, 0.3) is 0 Å². The lowest BCUT2D eigenvalue weighted by molar-refractivity contribution is 0.204. The SMILES string of the molecule is CSc1ccc(C(O)CSc2cccc(Cl)c2)cc1. The first-order valence-corrected chi connectivity index (χ1v) is 8.48. The second kappa shape index (κ2) is 7.25. The van der Waals surface area contributed by atoms with Crippen molar-refractivity contribution < 1.29 is 5.11 Å². The van der Waals surface area contributed by atoms with Crippen LogP contribution in [0, 0.1) is 0 Å². The van der Waals surface area contributed by atoms with Gasteiger partial charge in [-0.05, 0) is 42.2 Å². The van der Waals surface area contributed by atoms with Gasteiger partial charge in [-0.15, -0.1) is 23.5 Å². The summed E-state index contributed by atoms with van der Waals surface area (Å²) in [5.74, 6) is 0.624. The maximum absolute atomic E-state index is 10.2. The Hall–Kier alpha value is -0.610. The lowest BCUT2D eigenvalue weighted by atomic mass is 10.1. The lowest BCUT2D eigenvalue weighted by Gasteiger charge is -2.11. The van der Waals surface area contributed by atoms with Crippen LogP contribution < -0.4 is 0 Å². The van der Waals surface area contributed by atoms with Gasteiger partial charge in [-0.1, -0.05) is 29.8 Å². The average Bonchev–Trinajstić information content (AvgIpc) is 2.45. The molecule has 2 aromatic rings. The summed E-state index contributed by atoms with van der Waals surface area (Å²) in [7, 11) is 0. The van der Waals surface area contributed by atoms with Crippen LogP contribution in [0.25, 0.3) is 0 Å². The topological polar surface area (TPSA) is 20.2 Å². The molecule has 0 aliphatic rings. The predicted octanol–water partition coefficient (Wildman–Crippen LogP) is 4.89. The van der Waals surface area contributed by atoms with Gasteiger partial charge in [-0.2, -0.15) is 0 Å². The normalized spacial score (nSPS) is 12.4. The van der Waals surface area contributed by atoms with E-state index in [2.05, 4.69) is 0 Å². The van der Waals surface area contributed by atoms with Gasteiger partial charge in [-0.3, -0.25) is 0 Å². The van der Waals surface area contributed by atoms with Gasteiger partial charge in [0, 0.05) is 20.6 Å². The highest BCUT2D eigenvalue weighted by Crippen LogP contribution is 2.27. The molecule has 0 aliphatic carbocycles. The van der Waals surface area contributed by atoms with Crippen LogP contribution in [0.1, 0.15) is 11.7 Å². The average molecular weight is 311 g/mol. The van der Waals surface area contributed by atoms with E-state index in [4.69, 9.17) is 11.6 Å². The van der Waals surface area contributed by atoms with E-state index >= 15 is 0 Å². The first kappa shape index (κ1) is 14.8. The minimum absolute atomic E-state index is 0.458. The largest absolute Gasteiger partial charge is 0.388 e. The number of hydrogen-bond donors (Lipinski definition) is 1. The fourth-order valence-corrected chi connectivity index (χ4v) is 3.25. The molecule has 0 amide bonds. The van der Waals surface area contributed by atoms with Crippen molar-refractivity contribution in [1.29, 1.82) is 0 Å². The Morgan fingerprint density at radius 2 is 1.84 bits per heavy atom. The van der Waals surface area contributed by atoms with Crippen LogP contribution in [0.15, 0.2) is 58.3 Å². The van der Waals surface area contributed by atoms with Crippen molar-refractivity contribution in [1.82, 2.24) is 0 Å². The van der Waals surface area contributed by atoms with E-state index in [1.165, 1.54) is 4.90 Å². The molecule has 100 valence electrons. The van der Waals surface area contributed by atoms with E-state index in [0.717, 1.165) is 15.5 Å². The van der Waals surface area contributed by atoms with E-state index in [1.54, 1.807) is 23.5 Å². The number of hydrogen-bond acceptors (Lipinski definition) is 3. The Bertz CT molecular complexity index is 528. The zero-order valence-electron chi connectivity index (χ0n) is 10.5. The molecule has 2 rings (SSSR count). The zero-order chi connectivity index (χ0) is 13.7. The quantitative estimate of drug-likeness (QED) is 0.794. The summed E-state index contributed by atoms with van der Waals surface area (Å²) in [4.78, 5) is 2.28. The maximum Gasteiger partial charge on any atom is 0.0883 e. The number of aliphatic hydroxyl groups excluding tert-OH is 1. The molecule has 1 nitrogen and oxygen atoms in total. The molecule has 1 N–H and O–H groups in total. The standard InChI is InChI=1S/C15H15ClOS2/c1-18-13-7-5-11(6-8-13)15(17)10-19-14-4-2-3-12(16)9-14/h2-9,15,17H,10H2,1H3. The summed E-state index contributed by atoms with van der Waals surface area (Å²) in [6.45, 7) is 0. The summed E-state index contributed by atoms with van der Waals surface area (Å²) in [6.07, 6.45) is 1.58. The molecule has 0 aromatic heterocycles. The minimum atomic E-state index is -0.458. The number of halogens is 1. The smallest absolute Gasteiger partial charge is 0.0883 e. The first-order valence-electron chi connectivity index (χ1n) is 5.89. The maximum atomic E-state index is 10.2. The van der Waals surface area contributed by atoms with E-state index < -0.39 is 6.10 Å². The summed E-state index contributed by atoms with van der Waals surface area (Å²) >= 11 is 9.24. The molecule has 0 saturated carbocycles. The molecule has 1 unspecified atom stereocenters.